The quantitative estimate of drug-likeness (QED) is 0.523. The van der Waals surface area contributed by atoms with Crippen molar-refractivity contribution in [1.82, 2.24) is 0 Å². The summed E-state index contributed by atoms with van der Waals surface area (Å²) >= 11 is 3.67. The van der Waals surface area contributed by atoms with Gasteiger partial charge in [-0.25, -0.2) is 0 Å². The smallest absolute Gasteiger partial charge is 0.446 e. The van der Waals surface area contributed by atoms with Gasteiger partial charge in [0.1, 0.15) is 0 Å². The minimum absolute atomic E-state index is 0.0503. The monoisotopic (exact) mass is 321 g/mol. The highest BCUT2D eigenvalue weighted by Gasteiger charge is 2.31. The van der Waals surface area contributed by atoms with E-state index < -0.39 is 11.5 Å². The zero-order valence-corrected chi connectivity index (χ0v) is 12.0. The fourth-order valence-electron chi connectivity index (χ4n) is 1.44. The van der Waals surface area contributed by atoms with Crippen molar-refractivity contribution >= 4 is 30.4 Å². The van der Waals surface area contributed by atoms with E-state index in [1.807, 2.05) is 0 Å². The SMILES string of the molecule is CCOC(=O)Cc1c(S)cc(C#N)cc1SC(F)(F)F. The van der Waals surface area contributed by atoms with Gasteiger partial charge in [0.05, 0.1) is 24.7 Å². The first-order valence-corrected chi connectivity index (χ1v) is 6.70. The van der Waals surface area contributed by atoms with Crippen LogP contribution in [0.4, 0.5) is 13.2 Å². The number of nitriles is 1. The molecule has 0 unspecified atom stereocenters. The maximum atomic E-state index is 12.5. The van der Waals surface area contributed by atoms with Gasteiger partial charge in [-0.3, -0.25) is 4.79 Å². The number of esters is 1. The van der Waals surface area contributed by atoms with Crippen LogP contribution >= 0.6 is 24.4 Å². The number of carbonyl (C=O) groups is 1. The summed E-state index contributed by atoms with van der Waals surface area (Å²) in [6, 6.07) is 4.16. The van der Waals surface area contributed by atoms with Gasteiger partial charge in [0.15, 0.2) is 0 Å². The molecule has 0 radical (unpaired) electrons. The largest absolute Gasteiger partial charge is 0.466 e. The van der Waals surface area contributed by atoms with Crippen LogP contribution in [0.5, 0.6) is 0 Å². The van der Waals surface area contributed by atoms with Crippen molar-refractivity contribution in [3.05, 3.63) is 23.3 Å². The highest BCUT2D eigenvalue weighted by molar-refractivity contribution is 8.00. The molecule has 1 aromatic carbocycles. The van der Waals surface area contributed by atoms with Crippen molar-refractivity contribution in [3.8, 4) is 6.07 Å². The number of alkyl halides is 3. The molecule has 0 aromatic heterocycles. The summed E-state index contributed by atoms with van der Waals surface area (Å²) in [6.07, 6.45) is -0.323. The molecule has 0 amide bonds. The molecule has 0 N–H and O–H groups in total. The van der Waals surface area contributed by atoms with Crippen molar-refractivity contribution in [2.24, 2.45) is 0 Å². The second kappa shape index (κ2) is 6.90. The fraction of sp³-hybridized carbons (Fsp3) is 0.333. The Hall–Kier alpha value is -1.33. The molecule has 0 aliphatic rings. The van der Waals surface area contributed by atoms with E-state index in [0.29, 0.717) is 0 Å². The Balaban J connectivity index is 3.19. The average Bonchev–Trinajstić information content (AvgIpc) is 2.31. The minimum Gasteiger partial charge on any atom is -0.466 e. The molecule has 0 heterocycles. The lowest BCUT2D eigenvalue weighted by molar-refractivity contribution is -0.142. The second-order valence-electron chi connectivity index (χ2n) is 3.61. The van der Waals surface area contributed by atoms with E-state index in [1.54, 1.807) is 13.0 Å². The first kappa shape index (κ1) is 16.7. The lowest BCUT2D eigenvalue weighted by Gasteiger charge is -2.13. The standard InChI is InChI=1S/C12H10F3NO2S2/c1-2-18-11(17)5-8-9(19)3-7(6-16)4-10(8)20-12(13,14)15/h3-4,19H,2,5H2,1H3. The van der Waals surface area contributed by atoms with E-state index in [9.17, 15) is 18.0 Å². The number of thiol groups is 1. The van der Waals surface area contributed by atoms with Gasteiger partial charge in [0, 0.05) is 9.79 Å². The number of thioether (sulfide) groups is 1. The van der Waals surface area contributed by atoms with Crippen molar-refractivity contribution in [2.75, 3.05) is 6.61 Å². The van der Waals surface area contributed by atoms with Crippen molar-refractivity contribution < 1.29 is 22.7 Å². The van der Waals surface area contributed by atoms with Crippen LogP contribution in [0, 0.1) is 11.3 Å². The van der Waals surface area contributed by atoms with Crippen molar-refractivity contribution in [3.63, 3.8) is 0 Å². The number of benzene rings is 1. The summed E-state index contributed by atoms with van der Waals surface area (Å²) in [6.45, 7) is 1.74. The lowest BCUT2D eigenvalue weighted by atomic mass is 10.1. The normalized spacial score (nSPS) is 11.0. The predicted molar refractivity (Wildman–Crippen MR) is 70.7 cm³/mol. The zero-order valence-electron chi connectivity index (χ0n) is 10.3. The van der Waals surface area contributed by atoms with E-state index in [0.717, 1.165) is 6.07 Å². The summed E-state index contributed by atoms with van der Waals surface area (Å²) < 4.78 is 42.3. The van der Waals surface area contributed by atoms with Gasteiger partial charge >= 0.3 is 11.5 Å². The van der Waals surface area contributed by atoms with Crippen LogP contribution in [0.25, 0.3) is 0 Å². The topological polar surface area (TPSA) is 50.1 Å². The third kappa shape index (κ3) is 4.98. The zero-order chi connectivity index (χ0) is 15.3. The van der Waals surface area contributed by atoms with Crippen LogP contribution in [0.3, 0.4) is 0 Å². The van der Waals surface area contributed by atoms with Gasteiger partial charge in [-0.15, -0.1) is 12.6 Å². The molecule has 0 bridgehead atoms. The average molecular weight is 321 g/mol. The van der Waals surface area contributed by atoms with E-state index in [2.05, 4.69) is 12.6 Å². The number of halogens is 3. The van der Waals surface area contributed by atoms with Crippen LogP contribution in [0.1, 0.15) is 18.1 Å². The van der Waals surface area contributed by atoms with E-state index in [1.165, 1.54) is 6.07 Å². The number of rotatable bonds is 4. The van der Waals surface area contributed by atoms with Crippen LogP contribution in [0.15, 0.2) is 21.9 Å². The molecule has 0 aliphatic carbocycles. The van der Waals surface area contributed by atoms with Crippen LogP contribution in [-0.2, 0) is 16.0 Å². The minimum atomic E-state index is -4.52. The van der Waals surface area contributed by atoms with Crippen molar-refractivity contribution in [1.29, 1.82) is 5.26 Å². The maximum Gasteiger partial charge on any atom is 0.446 e. The molecular formula is C12H10F3NO2S2. The molecule has 3 nitrogen and oxygen atoms in total. The molecular weight excluding hydrogens is 311 g/mol. The molecule has 0 atom stereocenters. The predicted octanol–water partition coefficient (Wildman–Crippen LogP) is 3.56. The Morgan fingerprint density at radius 2 is 2.15 bits per heavy atom. The summed E-state index contributed by atoms with van der Waals surface area (Å²) in [7, 11) is 0. The maximum absolute atomic E-state index is 12.5. The van der Waals surface area contributed by atoms with Gasteiger partial charge in [0.2, 0.25) is 0 Å². The molecule has 1 rings (SSSR count). The molecule has 0 spiro atoms. The summed E-state index contributed by atoms with van der Waals surface area (Å²) in [5.41, 5.74) is -4.36. The Morgan fingerprint density at radius 1 is 1.50 bits per heavy atom. The van der Waals surface area contributed by atoms with Gasteiger partial charge in [-0.2, -0.15) is 18.4 Å². The summed E-state index contributed by atoms with van der Waals surface area (Å²) in [4.78, 5) is 11.4. The first-order chi connectivity index (χ1) is 9.26. The summed E-state index contributed by atoms with van der Waals surface area (Å²) in [5, 5.41) is 8.78. The molecule has 0 aliphatic heterocycles. The number of nitrogens with zero attached hydrogens (tertiary/aromatic N) is 1. The van der Waals surface area contributed by atoms with Gasteiger partial charge < -0.3 is 4.74 Å². The molecule has 0 saturated heterocycles. The number of ether oxygens (including phenoxy) is 1. The molecule has 1 aromatic rings. The van der Waals surface area contributed by atoms with Gasteiger partial charge in [-0.05, 0) is 36.4 Å². The first-order valence-electron chi connectivity index (χ1n) is 5.44. The van der Waals surface area contributed by atoms with Crippen LogP contribution in [0.2, 0.25) is 0 Å². The fourth-order valence-corrected chi connectivity index (χ4v) is 2.60. The number of hydrogen-bond acceptors (Lipinski definition) is 5. The molecule has 0 saturated carbocycles. The highest BCUT2D eigenvalue weighted by atomic mass is 32.2. The van der Waals surface area contributed by atoms with Gasteiger partial charge in [-0.1, -0.05) is 0 Å². The molecule has 0 fully saturated rings. The number of hydrogen-bond donors (Lipinski definition) is 1. The van der Waals surface area contributed by atoms with E-state index in [4.69, 9.17) is 10.00 Å². The van der Waals surface area contributed by atoms with Crippen LogP contribution < -0.4 is 0 Å². The Bertz CT molecular complexity index is 553. The molecule has 8 heteroatoms. The second-order valence-corrected chi connectivity index (χ2v) is 5.20. The number of carbonyl (C=O) groups excluding carboxylic acids is 1. The van der Waals surface area contributed by atoms with E-state index in [-0.39, 0.29) is 45.7 Å². The third-order valence-electron chi connectivity index (χ3n) is 2.17. The Morgan fingerprint density at radius 3 is 2.65 bits per heavy atom. The van der Waals surface area contributed by atoms with E-state index >= 15 is 0 Å². The summed E-state index contributed by atoms with van der Waals surface area (Å²) in [5.74, 6) is -0.642. The van der Waals surface area contributed by atoms with Gasteiger partial charge in [0.25, 0.3) is 0 Å². The third-order valence-corrected chi connectivity index (χ3v) is 3.38. The van der Waals surface area contributed by atoms with Crippen LogP contribution in [-0.4, -0.2) is 18.1 Å². The molecule has 20 heavy (non-hydrogen) atoms. The lowest BCUT2D eigenvalue weighted by Crippen LogP contribution is -2.10. The van der Waals surface area contributed by atoms with Crippen molar-refractivity contribution in [2.45, 2.75) is 28.6 Å². The highest BCUT2D eigenvalue weighted by Crippen LogP contribution is 2.40. The molecule has 108 valence electrons. The Kier molecular flexibility index (Phi) is 5.77. The Labute approximate surface area is 123 Å².